The number of hydrogen-bond acceptors (Lipinski definition) is 7. The fourth-order valence-electron chi connectivity index (χ4n) is 4.60. The second-order valence-corrected chi connectivity index (χ2v) is 10.4. The number of anilines is 1. The van der Waals surface area contributed by atoms with Gasteiger partial charge in [0.1, 0.15) is 5.75 Å². The average molecular weight is 541 g/mol. The second kappa shape index (κ2) is 13.0. The first-order chi connectivity index (χ1) is 18.0. The van der Waals surface area contributed by atoms with Crippen LogP contribution in [0.5, 0.6) is 5.75 Å². The molecule has 1 saturated carbocycles. The van der Waals surface area contributed by atoms with Crippen LogP contribution in [0.25, 0.3) is 11.4 Å². The summed E-state index contributed by atoms with van der Waals surface area (Å²) in [6.07, 6.45) is 7.17. The Hall–Kier alpha value is -3.04. The van der Waals surface area contributed by atoms with E-state index in [-0.39, 0.29) is 17.4 Å². The Kier molecular flexibility index (Phi) is 9.46. The minimum Gasteiger partial charge on any atom is -0.507 e. The first-order valence-electron chi connectivity index (χ1n) is 12.7. The number of thioether (sulfide) groups is 1. The molecule has 1 fully saturated rings. The average Bonchev–Trinajstić information content (AvgIpc) is 3.34. The lowest BCUT2D eigenvalue weighted by molar-refractivity contribution is -0.118. The van der Waals surface area contributed by atoms with E-state index in [0.29, 0.717) is 16.6 Å². The molecule has 1 aliphatic rings. The molecule has 1 heterocycles. The summed E-state index contributed by atoms with van der Waals surface area (Å²) >= 11 is 7.43. The van der Waals surface area contributed by atoms with Crippen LogP contribution in [0.4, 0.5) is 5.69 Å². The zero-order chi connectivity index (χ0) is 26.2. The number of halogens is 1. The van der Waals surface area contributed by atoms with Gasteiger partial charge in [0, 0.05) is 47.0 Å². The van der Waals surface area contributed by atoms with E-state index < -0.39 is 0 Å². The summed E-state index contributed by atoms with van der Waals surface area (Å²) in [6.45, 7) is 5.85. The van der Waals surface area contributed by atoms with Gasteiger partial charge in [0.25, 0.3) is 5.91 Å². The van der Waals surface area contributed by atoms with Gasteiger partial charge in [-0.25, -0.2) is 5.43 Å². The summed E-state index contributed by atoms with van der Waals surface area (Å²) in [5, 5.41) is 24.7. The highest BCUT2D eigenvalue weighted by Crippen LogP contribution is 2.35. The van der Waals surface area contributed by atoms with Gasteiger partial charge in [-0.15, -0.1) is 10.2 Å². The molecule has 0 unspecified atom stereocenters. The third-order valence-corrected chi connectivity index (χ3v) is 7.77. The maximum absolute atomic E-state index is 12.5. The Bertz CT molecular complexity index is 1220. The van der Waals surface area contributed by atoms with E-state index in [0.717, 1.165) is 48.2 Å². The van der Waals surface area contributed by atoms with Crippen LogP contribution in [0, 0.1) is 0 Å². The van der Waals surface area contributed by atoms with E-state index in [4.69, 9.17) is 11.6 Å². The maximum Gasteiger partial charge on any atom is 0.250 e. The Balaban J connectivity index is 1.41. The van der Waals surface area contributed by atoms with Crippen molar-refractivity contribution in [2.24, 2.45) is 5.10 Å². The summed E-state index contributed by atoms with van der Waals surface area (Å²) in [5.41, 5.74) is 4.98. The van der Waals surface area contributed by atoms with Gasteiger partial charge >= 0.3 is 0 Å². The van der Waals surface area contributed by atoms with Gasteiger partial charge < -0.3 is 10.0 Å². The number of aromatic nitrogens is 3. The number of hydrazone groups is 1. The lowest BCUT2D eigenvalue weighted by Crippen LogP contribution is -2.21. The van der Waals surface area contributed by atoms with Crippen LogP contribution < -0.4 is 10.3 Å². The quantitative estimate of drug-likeness (QED) is 0.189. The highest BCUT2D eigenvalue weighted by Gasteiger charge is 2.24. The lowest BCUT2D eigenvalue weighted by atomic mass is 9.95. The normalized spacial score (nSPS) is 14.2. The fraction of sp³-hybridized carbons (Fsp3) is 0.407. The van der Waals surface area contributed by atoms with E-state index in [1.165, 1.54) is 37.2 Å². The fourth-order valence-corrected chi connectivity index (χ4v) is 5.53. The summed E-state index contributed by atoms with van der Waals surface area (Å²) in [4.78, 5) is 14.7. The van der Waals surface area contributed by atoms with Crippen LogP contribution in [-0.4, -0.2) is 50.8 Å². The molecule has 0 bridgehead atoms. The molecule has 0 atom stereocenters. The van der Waals surface area contributed by atoms with Gasteiger partial charge in [0.15, 0.2) is 11.0 Å². The molecule has 37 heavy (non-hydrogen) atoms. The zero-order valence-electron chi connectivity index (χ0n) is 21.2. The number of carbonyl (C=O) groups is 1. The molecule has 2 N–H and O–H groups in total. The Labute approximate surface area is 227 Å². The third kappa shape index (κ3) is 6.84. The molecular weight excluding hydrogens is 508 g/mol. The highest BCUT2D eigenvalue weighted by atomic mass is 35.5. The van der Waals surface area contributed by atoms with Gasteiger partial charge in [-0.3, -0.25) is 9.36 Å². The smallest absolute Gasteiger partial charge is 0.250 e. The summed E-state index contributed by atoms with van der Waals surface area (Å²) < 4.78 is 2.18. The number of benzene rings is 2. The molecule has 1 aromatic heterocycles. The number of amides is 1. The van der Waals surface area contributed by atoms with E-state index in [1.807, 2.05) is 30.3 Å². The molecule has 0 radical (unpaired) electrons. The second-order valence-electron chi connectivity index (χ2n) is 8.97. The predicted octanol–water partition coefficient (Wildman–Crippen LogP) is 5.90. The van der Waals surface area contributed by atoms with Crippen molar-refractivity contribution in [3.05, 3.63) is 53.1 Å². The Morgan fingerprint density at radius 3 is 2.57 bits per heavy atom. The number of phenolic OH excluding ortho intramolecular Hbond substituents is 1. The number of hydrogen-bond donors (Lipinski definition) is 2. The first-order valence-corrected chi connectivity index (χ1v) is 14.1. The summed E-state index contributed by atoms with van der Waals surface area (Å²) in [5.74, 6) is 0.808. The van der Waals surface area contributed by atoms with Crippen molar-refractivity contribution in [1.29, 1.82) is 0 Å². The molecule has 10 heteroatoms. The van der Waals surface area contributed by atoms with Gasteiger partial charge in [-0.1, -0.05) is 42.6 Å². The van der Waals surface area contributed by atoms with Crippen molar-refractivity contribution in [3.8, 4) is 17.1 Å². The number of phenols is 1. The minimum absolute atomic E-state index is 0.118. The molecule has 3 aromatic rings. The Morgan fingerprint density at radius 2 is 1.89 bits per heavy atom. The first kappa shape index (κ1) is 27.0. The topological polar surface area (TPSA) is 95.6 Å². The molecule has 0 aliphatic heterocycles. The van der Waals surface area contributed by atoms with Crippen LogP contribution in [0.2, 0.25) is 5.02 Å². The monoisotopic (exact) mass is 540 g/mol. The van der Waals surface area contributed by atoms with E-state index in [1.54, 1.807) is 12.1 Å². The summed E-state index contributed by atoms with van der Waals surface area (Å²) in [6, 6.07) is 13.3. The van der Waals surface area contributed by atoms with Crippen molar-refractivity contribution in [1.82, 2.24) is 20.2 Å². The molecule has 4 rings (SSSR count). The molecule has 0 saturated heterocycles. The van der Waals surface area contributed by atoms with Crippen molar-refractivity contribution in [2.75, 3.05) is 23.7 Å². The minimum atomic E-state index is -0.258. The molecule has 0 spiro atoms. The molecule has 196 valence electrons. The van der Waals surface area contributed by atoms with Gasteiger partial charge in [0.2, 0.25) is 0 Å². The molecule has 2 aromatic carbocycles. The van der Waals surface area contributed by atoms with E-state index in [9.17, 15) is 9.90 Å². The van der Waals surface area contributed by atoms with Crippen LogP contribution in [0.15, 0.2) is 52.7 Å². The van der Waals surface area contributed by atoms with E-state index >= 15 is 0 Å². The number of carbonyl (C=O) groups excluding carboxylic acids is 1. The zero-order valence-corrected chi connectivity index (χ0v) is 22.8. The van der Waals surface area contributed by atoms with Crippen molar-refractivity contribution < 1.29 is 9.90 Å². The maximum atomic E-state index is 12.5. The molecule has 1 aliphatic carbocycles. The van der Waals surface area contributed by atoms with Crippen molar-refractivity contribution in [3.63, 3.8) is 0 Å². The van der Waals surface area contributed by atoms with Crippen LogP contribution in [0.3, 0.4) is 0 Å². The summed E-state index contributed by atoms with van der Waals surface area (Å²) in [7, 11) is 0. The number of nitrogens with zero attached hydrogens (tertiary/aromatic N) is 5. The van der Waals surface area contributed by atoms with Gasteiger partial charge in [0.05, 0.1) is 12.0 Å². The lowest BCUT2D eigenvalue weighted by Gasteiger charge is -2.25. The Morgan fingerprint density at radius 1 is 1.16 bits per heavy atom. The number of aromatic hydroxyl groups is 1. The standard InChI is InChI=1S/C27H33ClN6O2S/c1-3-33(4-2)23-15-12-20(24(35)16-23)17-29-30-25(36)18-37-27-32-31-26(19-10-13-21(28)14-11-19)34(27)22-8-6-5-7-9-22/h10-17,22,35H,3-9,18H2,1-2H3,(H,30,36)/b29-17+. The molecule has 8 nitrogen and oxygen atoms in total. The molecular formula is C27H33ClN6O2S. The largest absolute Gasteiger partial charge is 0.507 e. The predicted molar refractivity (Wildman–Crippen MR) is 151 cm³/mol. The third-order valence-electron chi connectivity index (χ3n) is 6.57. The molecule has 1 amide bonds. The van der Waals surface area contributed by atoms with E-state index in [2.05, 4.69) is 44.0 Å². The van der Waals surface area contributed by atoms with Crippen LogP contribution >= 0.6 is 23.4 Å². The highest BCUT2D eigenvalue weighted by molar-refractivity contribution is 7.99. The van der Waals surface area contributed by atoms with Crippen LogP contribution in [-0.2, 0) is 4.79 Å². The van der Waals surface area contributed by atoms with Crippen molar-refractivity contribution in [2.45, 2.75) is 57.1 Å². The van der Waals surface area contributed by atoms with Crippen molar-refractivity contribution >= 4 is 41.2 Å². The number of rotatable bonds is 10. The SMILES string of the molecule is CCN(CC)c1ccc(/C=N/NC(=O)CSc2nnc(-c3ccc(Cl)cc3)n2C2CCCCC2)c(O)c1. The van der Waals surface area contributed by atoms with Gasteiger partial charge in [-0.2, -0.15) is 5.10 Å². The number of nitrogens with one attached hydrogen (secondary N) is 1. The van der Waals surface area contributed by atoms with Gasteiger partial charge in [-0.05, 0) is 63.1 Å². The van der Waals surface area contributed by atoms with Crippen LogP contribution in [0.1, 0.15) is 57.6 Å².